The molecule has 0 spiro atoms. The van der Waals surface area contributed by atoms with Gasteiger partial charge in [0.25, 0.3) is 0 Å². The average molecular weight is 753 g/mol. The van der Waals surface area contributed by atoms with Gasteiger partial charge in [0, 0.05) is 5.41 Å². The highest BCUT2D eigenvalue weighted by atomic mass is 28.3. The fourth-order valence-corrected chi connectivity index (χ4v) is 21.7. The standard InChI is InChI=1S/C51H84Si2/c1-13-52(14-2,15-3)42-29-23-38(24-30-42)51(37-21-19-20-22-37,39-25-31-43(32-26-39)53(16-4,17-5)18-6)48-46-35-40(49(7,8)9)27-33-44(46)45-34-28-41(36-47(45)48)50(10,11)12/h23-26,29-32,37,40-41,44-48H,13-22,27-28,33-36H2,1-12H3/t40?,41?,44-,45?,46-,47?,48?/m1/s1. The van der Waals surface area contributed by atoms with E-state index in [0.29, 0.717) is 10.8 Å². The molecule has 4 aliphatic rings. The zero-order valence-corrected chi connectivity index (χ0v) is 39.1. The summed E-state index contributed by atoms with van der Waals surface area (Å²) in [5.41, 5.74) is 4.31. The van der Waals surface area contributed by atoms with E-state index in [9.17, 15) is 0 Å². The summed E-state index contributed by atoms with van der Waals surface area (Å²) >= 11 is 0. The van der Waals surface area contributed by atoms with Crippen LogP contribution < -0.4 is 10.4 Å². The van der Waals surface area contributed by atoms with E-state index in [1.807, 2.05) is 0 Å². The van der Waals surface area contributed by atoms with Crippen LogP contribution in [-0.4, -0.2) is 16.1 Å². The van der Waals surface area contributed by atoms with Gasteiger partial charge in [-0.2, -0.15) is 0 Å². The van der Waals surface area contributed by atoms with E-state index in [1.165, 1.54) is 100 Å². The van der Waals surface area contributed by atoms with Crippen LogP contribution in [0.5, 0.6) is 0 Å². The minimum atomic E-state index is -1.47. The topological polar surface area (TPSA) is 0 Å². The third kappa shape index (κ3) is 7.20. The van der Waals surface area contributed by atoms with E-state index in [1.54, 1.807) is 21.5 Å². The number of fused-ring (bicyclic) bond motifs is 3. The number of rotatable bonds is 12. The Morgan fingerprint density at radius 1 is 0.434 bits per heavy atom. The minimum Gasteiger partial charge on any atom is -0.0675 e. The maximum atomic E-state index is 2.77. The van der Waals surface area contributed by atoms with Gasteiger partial charge in [-0.15, -0.1) is 0 Å². The Morgan fingerprint density at radius 3 is 1.08 bits per heavy atom. The molecule has 4 saturated carbocycles. The van der Waals surface area contributed by atoms with Crippen LogP contribution in [0.4, 0.5) is 0 Å². The molecule has 6 rings (SSSR count). The summed E-state index contributed by atoms with van der Waals surface area (Å²) in [7, 11) is -2.94. The van der Waals surface area contributed by atoms with E-state index in [-0.39, 0.29) is 5.41 Å². The van der Waals surface area contributed by atoms with Crippen LogP contribution >= 0.6 is 0 Å². The summed E-state index contributed by atoms with van der Waals surface area (Å²) < 4.78 is 0. The van der Waals surface area contributed by atoms with Crippen molar-refractivity contribution in [1.82, 2.24) is 0 Å². The molecule has 0 aromatic heterocycles. The van der Waals surface area contributed by atoms with Crippen molar-refractivity contribution in [2.24, 2.45) is 58.2 Å². The Labute approximate surface area is 331 Å². The Kier molecular flexibility index (Phi) is 12.5. The molecule has 2 aromatic rings. The highest BCUT2D eigenvalue weighted by Gasteiger charge is 2.63. The zero-order chi connectivity index (χ0) is 38.4. The molecule has 0 aliphatic heterocycles. The van der Waals surface area contributed by atoms with E-state index in [4.69, 9.17) is 0 Å². The van der Waals surface area contributed by atoms with Gasteiger partial charge >= 0.3 is 0 Å². The van der Waals surface area contributed by atoms with E-state index in [0.717, 1.165) is 47.3 Å². The van der Waals surface area contributed by atoms with Crippen LogP contribution in [0.2, 0.25) is 36.3 Å². The van der Waals surface area contributed by atoms with Gasteiger partial charge in [-0.05, 0) is 121 Å². The van der Waals surface area contributed by atoms with Gasteiger partial charge in [0.15, 0.2) is 0 Å². The molecule has 0 nitrogen and oxygen atoms in total. The molecule has 5 unspecified atom stereocenters. The monoisotopic (exact) mass is 753 g/mol. The lowest BCUT2D eigenvalue weighted by atomic mass is 9.50. The third-order valence-electron chi connectivity index (χ3n) is 18.4. The normalized spacial score (nSPS) is 28.9. The highest BCUT2D eigenvalue weighted by molar-refractivity contribution is 6.92. The largest absolute Gasteiger partial charge is 0.0859 e. The molecule has 7 atom stereocenters. The van der Waals surface area contributed by atoms with Crippen molar-refractivity contribution in [1.29, 1.82) is 0 Å². The lowest BCUT2D eigenvalue weighted by molar-refractivity contribution is 0.0428. The molecule has 0 N–H and O–H groups in total. The molecular formula is C51H84Si2. The van der Waals surface area contributed by atoms with Crippen molar-refractivity contribution in [2.75, 3.05) is 0 Å². The summed E-state index contributed by atoms with van der Waals surface area (Å²) in [5, 5.41) is 3.46. The van der Waals surface area contributed by atoms with Crippen LogP contribution in [0.1, 0.15) is 158 Å². The van der Waals surface area contributed by atoms with Gasteiger partial charge in [0.05, 0.1) is 16.1 Å². The molecule has 296 valence electrons. The minimum absolute atomic E-state index is 0.0964. The van der Waals surface area contributed by atoms with Crippen LogP contribution in [0.3, 0.4) is 0 Å². The fraction of sp³-hybridized carbons (Fsp3) is 0.765. The van der Waals surface area contributed by atoms with Gasteiger partial charge in [0.2, 0.25) is 0 Å². The molecule has 0 amide bonds. The number of hydrogen-bond donors (Lipinski definition) is 0. The van der Waals surface area contributed by atoms with Crippen molar-refractivity contribution in [3.8, 4) is 0 Å². The predicted octanol–water partition coefficient (Wildman–Crippen LogP) is 14.4. The van der Waals surface area contributed by atoms with E-state index < -0.39 is 16.1 Å². The lowest BCUT2D eigenvalue weighted by Crippen LogP contribution is -2.51. The van der Waals surface area contributed by atoms with E-state index in [2.05, 4.69) is 132 Å². The molecule has 53 heavy (non-hydrogen) atoms. The summed E-state index contributed by atoms with van der Waals surface area (Å²) in [6.45, 7) is 30.4. The lowest BCUT2D eigenvalue weighted by Gasteiger charge is -2.53. The van der Waals surface area contributed by atoms with Gasteiger partial charge in [-0.25, -0.2) is 0 Å². The highest BCUT2D eigenvalue weighted by Crippen LogP contribution is 2.69. The van der Waals surface area contributed by atoms with Crippen LogP contribution in [0.25, 0.3) is 0 Å². The van der Waals surface area contributed by atoms with E-state index >= 15 is 0 Å². The SMILES string of the molecule is CC[Si](CC)(CC)c1ccc(C(c2ccc([Si](CC)(CC)CC)cc2)(C2CCCC2)C2C3CC(C(C)(C)C)CCC3[C@H]3CCC(C(C)(C)C)C[C@@H]23)cc1. The summed E-state index contributed by atoms with van der Waals surface area (Å²) in [5.74, 6) is 6.68. The molecule has 0 bridgehead atoms. The molecule has 2 aromatic carbocycles. The second-order valence-corrected chi connectivity index (χ2v) is 32.1. The zero-order valence-electron chi connectivity index (χ0n) is 37.1. The quantitative estimate of drug-likeness (QED) is 0.189. The second kappa shape index (κ2) is 16.0. The molecule has 4 fully saturated rings. The summed E-state index contributed by atoms with van der Waals surface area (Å²) in [6.07, 6.45) is 14.5. The van der Waals surface area contributed by atoms with Crippen LogP contribution in [0, 0.1) is 58.2 Å². The third-order valence-corrected chi connectivity index (χ3v) is 29.6. The first-order valence-electron chi connectivity index (χ1n) is 23.4. The fourth-order valence-electron chi connectivity index (χ4n) is 14.5. The first kappa shape index (κ1) is 41.5. The molecule has 4 aliphatic carbocycles. The van der Waals surface area contributed by atoms with Gasteiger partial charge < -0.3 is 0 Å². The average Bonchev–Trinajstić information content (AvgIpc) is 3.82. The first-order valence-corrected chi connectivity index (χ1v) is 28.7. The van der Waals surface area contributed by atoms with Crippen LogP contribution in [-0.2, 0) is 5.41 Å². The smallest absolute Gasteiger partial charge is 0.0675 e. The summed E-state index contributed by atoms with van der Waals surface area (Å²) in [4.78, 5) is 0. The maximum Gasteiger partial charge on any atom is 0.0859 e. The maximum absolute atomic E-state index is 2.77. The van der Waals surface area contributed by atoms with Gasteiger partial charge in [-0.3, -0.25) is 0 Å². The Bertz CT molecular complexity index is 1340. The molecule has 0 heterocycles. The molecule has 0 saturated heterocycles. The van der Waals surface area contributed by atoms with Gasteiger partial charge in [-0.1, -0.05) is 191 Å². The molecular weight excluding hydrogens is 669 g/mol. The Balaban J connectivity index is 1.63. The van der Waals surface area contributed by atoms with Crippen molar-refractivity contribution in [3.63, 3.8) is 0 Å². The predicted molar refractivity (Wildman–Crippen MR) is 240 cm³/mol. The van der Waals surface area contributed by atoms with Gasteiger partial charge in [0.1, 0.15) is 0 Å². The van der Waals surface area contributed by atoms with Crippen LogP contribution in [0.15, 0.2) is 48.5 Å². The second-order valence-electron chi connectivity index (χ2n) is 21.6. The number of benzene rings is 2. The molecule has 2 heteroatoms. The van der Waals surface area contributed by atoms with Crippen molar-refractivity contribution >= 4 is 26.5 Å². The van der Waals surface area contributed by atoms with Crippen molar-refractivity contribution < 1.29 is 0 Å². The Hall–Kier alpha value is -1.13. The van der Waals surface area contributed by atoms with Crippen molar-refractivity contribution in [2.45, 2.75) is 189 Å². The Morgan fingerprint density at radius 2 is 0.774 bits per heavy atom. The number of hydrogen-bond acceptors (Lipinski definition) is 0. The first-order chi connectivity index (χ1) is 25.2. The molecule has 0 radical (unpaired) electrons. The summed E-state index contributed by atoms with van der Waals surface area (Å²) in [6, 6.07) is 30.1. The van der Waals surface area contributed by atoms with Crippen molar-refractivity contribution in [3.05, 3.63) is 59.7 Å².